The summed E-state index contributed by atoms with van der Waals surface area (Å²) in [5, 5.41) is 13.6. The van der Waals surface area contributed by atoms with Gasteiger partial charge < -0.3 is 19.8 Å². The zero-order valence-corrected chi connectivity index (χ0v) is 24.2. The molecule has 0 spiro atoms. The second-order valence-corrected chi connectivity index (χ2v) is 11.9. The van der Waals surface area contributed by atoms with Gasteiger partial charge in [0.1, 0.15) is 11.5 Å². The zero-order valence-electron chi connectivity index (χ0n) is 23.4. The molecule has 1 N–H and O–H groups in total. The minimum Gasteiger partial charge on any atom is -0.478 e. The van der Waals surface area contributed by atoms with Gasteiger partial charge in [-0.1, -0.05) is 29.8 Å². The average Bonchev–Trinajstić information content (AvgIpc) is 3.40. The van der Waals surface area contributed by atoms with E-state index in [-0.39, 0.29) is 13.0 Å². The Bertz CT molecular complexity index is 1570. The van der Waals surface area contributed by atoms with Crippen molar-refractivity contribution >= 4 is 34.9 Å². The SMILES string of the molecule is O=C(O)c1cnn(C2CCCN(c3cc(Cl)ccc3-c3ccc(N4CCN(C(=O)C5CC5(F)F)CC4)cc3)C2)c1C(F)(F)F. The van der Waals surface area contributed by atoms with Crippen LogP contribution in [0.15, 0.2) is 48.7 Å². The van der Waals surface area contributed by atoms with Gasteiger partial charge in [-0.2, -0.15) is 18.3 Å². The Labute approximate surface area is 254 Å². The highest BCUT2D eigenvalue weighted by atomic mass is 35.5. The number of anilines is 2. The van der Waals surface area contributed by atoms with Crippen LogP contribution in [-0.4, -0.2) is 76.9 Å². The van der Waals surface area contributed by atoms with E-state index in [2.05, 4.69) is 10.00 Å². The number of aromatic carboxylic acids is 1. The fourth-order valence-electron chi connectivity index (χ4n) is 6.20. The standard InChI is InChI=1S/C30H29ClF5N5O3/c31-19-5-8-22(18-3-6-20(7-4-18)38-10-12-39(13-11-38)27(42)24-15-29(24,32)33)25(14-19)40-9-1-2-21(17-40)41-26(30(34,35)36)23(16-37-41)28(43)44/h3-8,14,16,21,24H,1-2,9-13,15,17H2,(H,43,44). The summed E-state index contributed by atoms with van der Waals surface area (Å²) >= 11 is 6.37. The van der Waals surface area contributed by atoms with E-state index in [4.69, 9.17) is 11.6 Å². The zero-order chi connectivity index (χ0) is 31.4. The maximum Gasteiger partial charge on any atom is 0.433 e. The lowest BCUT2D eigenvalue weighted by molar-refractivity contribution is -0.145. The van der Waals surface area contributed by atoms with Crippen molar-refractivity contribution in [3.8, 4) is 11.1 Å². The predicted molar refractivity (Wildman–Crippen MR) is 153 cm³/mol. The maximum absolute atomic E-state index is 13.9. The molecule has 2 atom stereocenters. The third-order valence-corrected chi connectivity index (χ3v) is 8.83. The first-order chi connectivity index (χ1) is 20.8. The number of aromatic nitrogens is 2. The van der Waals surface area contributed by atoms with Crippen LogP contribution >= 0.6 is 11.6 Å². The molecule has 3 heterocycles. The average molecular weight is 638 g/mol. The summed E-state index contributed by atoms with van der Waals surface area (Å²) in [7, 11) is 0. The summed E-state index contributed by atoms with van der Waals surface area (Å²) in [4.78, 5) is 29.4. The molecule has 14 heteroatoms. The molecule has 3 aromatic rings. The number of piperidine rings is 1. The molecule has 3 aliphatic rings. The Morgan fingerprint density at radius 2 is 1.66 bits per heavy atom. The summed E-state index contributed by atoms with van der Waals surface area (Å²) < 4.78 is 69.2. The number of alkyl halides is 5. The largest absolute Gasteiger partial charge is 0.478 e. The molecule has 2 unspecified atom stereocenters. The Morgan fingerprint density at radius 1 is 0.977 bits per heavy atom. The summed E-state index contributed by atoms with van der Waals surface area (Å²) in [6.45, 7) is 2.50. The molecule has 1 aliphatic carbocycles. The van der Waals surface area contributed by atoms with Crippen LogP contribution in [0.25, 0.3) is 11.1 Å². The van der Waals surface area contributed by atoms with E-state index in [1.807, 2.05) is 35.2 Å². The summed E-state index contributed by atoms with van der Waals surface area (Å²) in [6, 6.07) is 12.4. The van der Waals surface area contributed by atoms with Crippen molar-refractivity contribution in [3.05, 3.63) is 64.9 Å². The van der Waals surface area contributed by atoms with Crippen LogP contribution in [0.4, 0.5) is 33.3 Å². The number of carboxylic acids is 1. The van der Waals surface area contributed by atoms with Crippen molar-refractivity contribution < 1.29 is 36.6 Å². The van der Waals surface area contributed by atoms with Crippen molar-refractivity contribution in [2.75, 3.05) is 49.1 Å². The summed E-state index contributed by atoms with van der Waals surface area (Å²) in [5.74, 6) is -6.24. The Balaban J connectivity index is 1.19. The highest BCUT2D eigenvalue weighted by Gasteiger charge is 2.62. The molecule has 0 bridgehead atoms. The van der Waals surface area contributed by atoms with Gasteiger partial charge in [0.2, 0.25) is 5.91 Å². The van der Waals surface area contributed by atoms with Gasteiger partial charge in [0.15, 0.2) is 5.69 Å². The van der Waals surface area contributed by atoms with E-state index in [9.17, 15) is 36.6 Å². The molecule has 3 fully saturated rings. The number of halogens is 6. The number of benzene rings is 2. The van der Waals surface area contributed by atoms with Crippen LogP contribution in [-0.2, 0) is 11.0 Å². The Hall–Kier alpha value is -3.87. The maximum atomic E-state index is 13.9. The van der Waals surface area contributed by atoms with Crippen LogP contribution < -0.4 is 9.80 Å². The molecule has 1 saturated carbocycles. The van der Waals surface area contributed by atoms with Crippen LogP contribution in [0.2, 0.25) is 5.02 Å². The lowest BCUT2D eigenvalue weighted by Gasteiger charge is -2.37. The molecule has 2 aliphatic heterocycles. The number of amides is 1. The van der Waals surface area contributed by atoms with Crippen molar-refractivity contribution in [2.45, 2.75) is 37.4 Å². The first kappa shape index (κ1) is 30.2. The molecule has 2 aromatic carbocycles. The fraction of sp³-hybridized carbons (Fsp3) is 0.433. The Kier molecular flexibility index (Phi) is 7.71. The van der Waals surface area contributed by atoms with E-state index in [0.29, 0.717) is 50.6 Å². The minimum atomic E-state index is -4.89. The van der Waals surface area contributed by atoms with Crippen LogP contribution in [0.5, 0.6) is 0 Å². The number of hydrogen-bond donors (Lipinski definition) is 1. The lowest BCUT2D eigenvalue weighted by Crippen LogP contribution is -2.49. The molecule has 44 heavy (non-hydrogen) atoms. The quantitative estimate of drug-likeness (QED) is 0.331. The molecule has 1 aromatic heterocycles. The number of carboxylic acid groups (broad SMARTS) is 1. The smallest absolute Gasteiger partial charge is 0.433 e. The normalized spacial score (nSPS) is 21.8. The Morgan fingerprint density at radius 3 is 2.27 bits per heavy atom. The minimum absolute atomic E-state index is 0.172. The summed E-state index contributed by atoms with van der Waals surface area (Å²) in [6.07, 6.45) is -3.56. The lowest BCUT2D eigenvalue weighted by atomic mass is 9.99. The van der Waals surface area contributed by atoms with Gasteiger partial charge in [-0.3, -0.25) is 9.48 Å². The van der Waals surface area contributed by atoms with Crippen molar-refractivity contribution in [2.24, 2.45) is 5.92 Å². The first-order valence-corrected chi connectivity index (χ1v) is 14.7. The molecule has 2 saturated heterocycles. The van der Waals surface area contributed by atoms with Crippen molar-refractivity contribution in [1.82, 2.24) is 14.7 Å². The molecule has 1 amide bonds. The van der Waals surface area contributed by atoms with E-state index in [0.717, 1.165) is 33.4 Å². The fourth-order valence-corrected chi connectivity index (χ4v) is 6.37. The first-order valence-electron chi connectivity index (χ1n) is 14.3. The van der Waals surface area contributed by atoms with Crippen LogP contribution in [0, 0.1) is 5.92 Å². The molecule has 0 radical (unpaired) electrons. The van der Waals surface area contributed by atoms with Gasteiger partial charge in [0.25, 0.3) is 5.92 Å². The van der Waals surface area contributed by atoms with Crippen molar-refractivity contribution in [1.29, 1.82) is 0 Å². The van der Waals surface area contributed by atoms with Crippen LogP contribution in [0.3, 0.4) is 0 Å². The number of rotatable bonds is 6. The number of carbonyl (C=O) groups is 2. The van der Waals surface area contributed by atoms with Crippen LogP contribution in [0.1, 0.15) is 41.4 Å². The van der Waals surface area contributed by atoms with E-state index in [1.165, 1.54) is 4.90 Å². The third-order valence-electron chi connectivity index (χ3n) is 8.60. The monoisotopic (exact) mass is 637 g/mol. The van der Waals surface area contributed by atoms with E-state index >= 15 is 0 Å². The highest BCUT2D eigenvalue weighted by Crippen LogP contribution is 2.49. The van der Waals surface area contributed by atoms with Gasteiger partial charge in [-0.05, 0) is 42.7 Å². The van der Waals surface area contributed by atoms with Crippen molar-refractivity contribution in [3.63, 3.8) is 0 Å². The van der Waals surface area contributed by atoms with E-state index < -0.39 is 47.2 Å². The van der Waals surface area contributed by atoms with Gasteiger partial charge in [0.05, 0.1) is 12.2 Å². The molecule has 6 rings (SSSR count). The van der Waals surface area contributed by atoms with Gasteiger partial charge >= 0.3 is 12.1 Å². The molecule has 234 valence electrons. The molecule has 8 nitrogen and oxygen atoms in total. The summed E-state index contributed by atoms with van der Waals surface area (Å²) in [5.41, 5.74) is 1.18. The van der Waals surface area contributed by atoms with Gasteiger partial charge in [-0.15, -0.1) is 0 Å². The number of piperazine rings is 1. The molecular weight excluding hydrogens is 609 g/mol. The van der Waals surface area contributed by atoms with E-state index in [1.54, 1.807) is 12.1 Å². The molecular formula is C30H29ClF5N5O3. The predicted octanol–water partition coefficient (Wildman–Crippen LogP) is 6.07. The van der Waals surface area contributed by atoms with Gasteiger partial charge in [0, 0.05) is 67.7 Å². The third kappa shape index (κ3) is 5.81. The second-order valence-electron chi connectivity index (χ2n) is 11.4. The topological polar surface area (TPSA) is 81.9 Å². The number of carbonyl (C=O) groups excluding carboxylic acids is 1. The second kappa shape index (κ2) is 11.2. The highest BCUT2D eigenvalue weighted by molar-refractivity contribution is 6.31. The van der Waals surface area contributed by atoms with Gasteiger partial charge in [-0.25, -0.2) is 13.6 Å². The number of nitrogens with zero attached hydrogens (tertiary/aromatic N) is 5. The number of hydrogen-bond acceptors (Lipinski definition) is 5.